The minimum atomic E-state index is -3.37. The van der Waals surface area contributed by atoms with Crippen LogP contribution in [0.2, 0.25) is 0 Å². The summed E-state index contributed by atoms with van der Waals surface area (Å²) in [4.78, 5) is 0. The molecule has 0 spiro atoms. The summed E-state index contributed by atoms with van der Waals surface area (Å²) >= 11 is 0. The highest BCUT2D eigenvalue weighted by atomic mass is 32.2. The van der Waals surface area contributed by atoms with Crippen LogP contribution in [0.1, 0.15) is 18.9 Å². The predicted octanol–water partition coefficient (Wildman–Crippen LogP) is 1.21. The van der Waals surface area contributed by atoms with Crippen LogP contribution >= 0.6 is 0 Å². The van der Waals surface area contributed by atoms with E-state index in [0.717, 1.165) is 5.56 Å². The number of hydrogen-bond donors (Lipinski definition) is 2. The summed E-state index contributed by atoms with van der Waals surface area (Å²) in [6.45, 7) is 2.28. The Morgan fingerprint density at radius 3 is 2.47 bits per heavy atom. The molecular formula is C13H21N3O2S. The highest BCUT2D eigenvalue weighted by Gasteiger charge is 2.21. The summed E-state index contributed by atoms with van der Waals surface area (Å²) in [6.07, 6.45) is 1.18. The van der Waals surface area contributed by atoms with Crippen molar-refractivity contribution in [3.05, 3.63) is 35.9 Å². The second kappa shape index (κ2) is 7.25. The van der Waals surface area contributed by atoms with Crippen molar-refractivity contribution in [1.29, 1.82) is 5.41 Å². The molecule has 0 aliphatic heterocycles. The predicted molar refractivity (Wildman–Crippen MR) is 77.7 cm³/mol. The Balaban J connectivity index is 2.69. The molecule has 19 heavy (non-hydrogen) atoms. The van der Waals surface area contributed by atoms with Crippen LogP contribution in [0.4, 0.5) is 0 Å². The fourth-order valence-electron chi connectivity index (χ4n) is 1.78. The molecule has 5 nitrogen and oxygen atoms in total. The van der Waals surface area contributed by atoms with Crippen molar-refractivity contribution in [3.8, 4) is 0 Å². The van der Waals surface area contributed by atoms with Crippen molar-refractivity contribution in [1.82, 2.24) is 4.31 Å². The van der Waals surface area contributed by atoms with E-state index in [-0.39, 0.29) is 18.1 Å². The van der Waals surface area contributed by atoms with Gasteiger partial charge in [-0.15, -0.1) is 0 Å². The first-order valence-corrected chi connectivity index (χ1v) is 7.91. The molecule has 0 aromatic heterocycles. The number of nitrogens with two attached hydrogens (primary N) is 1. The Kier molecular flexibility index (Phi) is 5.98. The van der Waals surface area contributed by atoms with E-state index in [4.69, 9.17) is 11.1 Å². The molecule has 1 aromatic carbocycles. The molecule has 0 unspecified atom stereocenters. The Morgan fingerprint density at radius 2 is 1.95 bits per heavy atom. The van der Waals surface area contributed by atoms with Gasteiger partial charge in [-0.1, -0.05) is 37.3 Å². The zero-order chi connectivity index (χ0) is 14.3. The Hall–Kier alpha value is -1.40. The maximum Gasteiger partial charge on any atom is 0.214 e. The lowest BCUT2D eigenvalue weighted by atomic mass is 10.2. The summed E-state index contributed by atoms with van der Waals surface area (Å²) < 4.78 is 25.7. The average molecular weight is 283 g/mol. The van der Waals surface area contributed by atoms with Gasteiger partial charge in [-0.3, -0.25) is 5.41 Å². The molecule has 0 atom stereocenters. The monoisotopic (exact) mass is 283 g/mol. The van der Waals surface area contributed by atoms with Gasteiger partial charge >= 0.3 is 0 Å². The molecule has 0 aliphatic rings. The smallest absolute Gasteiger partial charge is 0.214 e. The number of amidine groups is 1. The van der Waals surface area contributed by atoms with Gasteiger partial charge in [-0.25, -0.2) is 8.42 Å². The Bertz CT molecular complexity index is 500. The third-order valence-corrected chi connectivity index (χ3v) is 4.52. The molecule has 0 fully saturated rings. The van der Waals surface area contributed by atoms with Gasteiger partial charge in [0.05, 0.1) is 12.3 Å². The molecule has 0 radical (unpaired) electrons. The van der Waals surface area contributed by atoms with Crippen LogP contribution in [0.25, 0.3) is 0 Å². The van der Waals surface area contributed by atoms with Crippen LogP contribution in [0.15, 0.2) is 30.3 Å². The van der Waals surface area contributed by atoms with E-state index >= 15 is 0 Å². The van der Waals surface area contributed by atoms with Gasteiger partial charge < -0.3 is 5.73 Å². The third-order valence-electron chi connectivity index (χ3n) is 2.70. The fourth-order valence-corrected chi connectivity index (χ4v) is 3.32. The van der Waals surface area contributed by atoms with E-state index in [1.54, 1.807) is 0 Å². The SMILES string of the molecule is CCCN(CC(=N)N)S(=O)(=O)CCc1ccccc1. The second-order valence-electron chi connectivity index (χ2n) is 4.41. The van der Waals surface area contributed by atoms with Gasteiger partial charge in [-0.05, 0) is 18.4 Å². The quantitative estimate of drug-likeness (QED) is 0.555. The van der Waals surface area contributed by atoms with Crippen LogP contribution in [0.5, 0.6) is 0 Å². The van der Waals surface area contributed by atoms with E-state index in [0.29, 0.717) is 19.4 Å². The van der Waals surface area contributed by atoms with E-state index in [1.807, 2.05) is 37.3 Å². The zero-order valence-corrected chi connectivity index (χ0v) is 12.0. The first-order chi connectivity index (χ1) is 8.95. The Morgan fingerprint density at radius 1 is 1.32 bits per heavy atom. The molecule has 0 bridgehead atoms. The van der Waals surface area contributed by atoms with Crippen LogP contribution in [0.3, 0.4) is 0 Å². The van der Waals surface area contributed by atoms with E-state index < -0.39 is 10.0 Å². The van der Waals surface area contributed by atoms with Crippen LogP contribution in [-0.2, 0) is 16.4 Å². The molecule has 0 saturated carbocycles. The number of benzene rings is 1. The van der Waals surface area contributed by atoms with Crippen LogP contribution in [0, 0.1) is 5.41 Å². The number of nitrogens with one attached hydrogen (secondary N) is 1. The van der Waals surface area contributed by atoms with Gasteiger partial charge in [0.25, 0.3) is 0 Å². The molecule has 3 N–H and O–H groups in total. The van der Waals surface area contributed by atoms with Crippen molar-refractivity contribution in [2.75, 3.05) is 18.8 Å². The first kappa shape index (κ1) is 15.7. The first-order valence-electron chi connectivity index (χ1n) is 6.30. The number of hydrogen-bond acceptors (Lipinski definition) is 3. The minimum Gasteiger partial charge on any atom is -0.387 e. The normalized spacial score (nSPS) is 11.7. The molecular weight excluding hydrogens is 262 g/mol. The van der Waals surface area contributed by atoms with Crippen molar-refractivity contribution in [2.45, 2.75) is 19.8 Å². The molecule has 106 valence electrons. The number of sulfonamides is 1. The van der Waals surface area contributed by atoms with Crippen LogP contribution < -0.4 is 5.73 Å². The summed E-state index contributed by atoms with van der Waals surface area (Å²) in [7, 11) is -3.37. The van der Waals surface area contributed by atoms with Gasteiger partial charge in [0.1, 0.15) is 5.84 Å². The Labute approximate surface area is 115 Å². The molecule has 6 heteroatoms. The van der Waals surface area contributed by atoms with E-state index in [9.17, 15) is 8.42 Å². The maximum absolute atomic E-state index is 12.2. The molecule has 0 aliphatic carbocycles. The highest BCUT2D eigenvalue weighted by Crippen LogP contribution is 2.07. The largest absolute Gasteiger partial charge is 0.387 e. The summed E-state index contributed by atoms with van der Waals surface area (Å²) in [5.74, 6) is -0.0821. The summed E-state index contributed by atoms with van der Waals surface area (Å²) in [6, 6.07) is 9.50. The van der Waals surface area contributed by atoms with Crippen LogP contribution in [-0.4, -0.2) is 37.4 Å². The van der Waals surface area contributed by atoms with Gasteiger partial charge in [0.2, 0.25) is 10.0 Å². The lowest BCUT2D eigenvalue weighted by molar-refractivity contribution is 0.447. The average Bonchev–Trinajstić information content (AvgIpc) is 2.37. The van der Waals surface area contributed by atoms with Gasteiger partial charge in [-0.2, -0.15) is 4.31 Å². The lowest BCUT2D eigenvalue weighted by Crippen LogP contribution is -2.40. The summed E-state index contributed by atoms with van der Waals surface area (Å²) in [5, 5.41) is 7.25. The standard InChI is InChI=1S/C13H21N3O2S/c1-2-9-16(11-13(14)15)19(17,18)10-8-12-6-4-3-5-7-12/h3-7H,2,8-11H2,1H3,(H3,14,15). The van der Waals surface area contributed by atoms with Gasteiger partial charge in [0, 0.05) is 6.54 Å². The van der Waals surface area contributed by atoms with Crippen molar-refractivity contribution in [3.63, 3.8) is 0 Å². The molecule has 0 heterocycles. The molecule has 1 aromatic rings. The van der Waals surface area contributed by atoms with E-state index in [1.165, 1.54) is 4.31 Å². The maximum atomic E-state index is 12.2. The van der Waals surface area contributed by atoms with Crippen molar-refractivity contribution in [2.24, 2.45) is 5.73 Å². The number of aryl methyl sites for hydroxylation is 1. The highest BCUT2D eigenvalue weighted by molar-refractivity contribution is 7.89. The molecule has 0 saturated heterocycles. The zero-order valence-electron chi connectivity index (χ0n) is 11.2. The molecule has 1 rings (SSSR count). The minimum absolute atomic E-state index is 0.0229. The van der Waals surface area contributed by atoms with Gasteiger partial charge in [0.15, 0.2) is 0 Å². The third kappa shape index (κ3) is 5.40. The summed E-state index contributed by atoms with van der Waals surface area (Å²) in [5.41, 5.74) is 6.30. The second-order valence-corrected chi connectivity index (χ2v) is 6.50. The molecule has 0 amide bonds. The van der Waals surface area contributed by atoms with Crippen molar-refractivity contribution >= 4 is 15.9 Å². The number of rotatable bonds is 8. The lowest BCUT2D eigenvalue weighted by Gasteiger charge is -2.20. The van der Waals surface area contributed by atoms with E-state index in [2.05, 4.69) is 0 Å². The van der Waals surface area contributed by atoms with Crippen molar-refractivity contribution < 1.29 is 8.42 Å². The fraction of sp³-hybridized carbons (Fsp3) is 0.462. The topological polar surface area (TPSA) is 87.2 Å². The number of nitrogens with zero attached hydrogens (tertiary/aromatic N) is 1.